The van der Waals surface area contributed by atoms with E-state index in [0.29, 0.717) is 0 Å². The van der Waals surface area contributed by atoms with Gasteiger partial charge in [0.15, 0.2) is 0 Å². The second-order valence-corrected chi connectivity index (χ2v) is 3.42. The highest BCUT2D eigenvalue weighted by atomic mass is 16.5. The van der Waals surface area contributed by atoms with Gasteiger partial charge in [0.05, 0.1) is 12.8 Å². The molecule has 0 heterocycles. The van der Waals surface area contributed by atoms with Crippen molar-refractivity contribution >= 4 is 5.69 Å². The van der Waals surface area contributed by atoms with Crippen molar-refractivity contribution in [1.82, 2.24) is 5.32 Å². The second kappa shape index (κ2) is 6.30. The van der Waals surface area contributed by atoms with Gasteiger partial charge >= 0.3 is 0 Å². The number of rotatable bonds is 6. The first-order valence-corrected chi connectivity index (χ1v) is 5.37. The third-order valence-corrected chi connectivity index (χ3v) is 2.36. The Morgan fingerprint density at radius 2 is 2.07 bits per heavy atom. The average Bonchev–Trinajstić information content (AvgIpc) is 2.29. The van der Waals surface area contributed by atoms with Crippen molar-refractivity contribution in [3.63, 3.8) is 0 Å². The fourth-order valence-electron chi connectivity index (χ4n) is 1.44. The summed E-state index contributed by atoms with van der Waals surface area (Å²) in [6.07, 6.45) is 1.05. The van der Waals surface area contributed by atoms with Crippen molar-refractivity contribution in [3.05, 3.63) is 23.8 Å². The zero-order valence-corrected chi connectivity index (χ0v) is 9.76. The summed E-state index contributed by atoms with van der Waals surface area (Å²) < 4.78 is 5.29. The highest BCUT2D eigenvalue weighted by Gasteiger charge is 2.02. The minimum absolute atomic E-state index is 0.903. The summed E-state index contributed by atoms with van der Waals surface area (Å²) >= 11 is 0. The Labute approximate surface area is 91.8 Å². The van der Waals surface area contributed by atoms with Gasteiger partial charge in [0.1, 0.15) is 5.75 Å². The Morgan fingerprint density at radius 1 is 1.27 bits per heavy atom. The van der Waals surface area contributed by atoms with Crippen LogP contribution in [0.25, 0.3) is 0 Å². The molecular weight excluding hydrogens is 188 g/mol. The molecule has 15 heavy (non-hydrogen) atoms. The molecule has 1 aromatic rings. The van der Waals surface area contributed by atoms with Crippen LogP contribution in [0.5, 0.6) is 5.75 Å². The quantitative estimate of drug-likeness (QED) is 0.700. The molecule has 0 amide bonds. The number of nitrogens with one attached hydrogen (secondary N) is 2. The molecule has 0 saturated carbocycles. The van der Waals surface area contributed by atoms with E-state index in [1.54, 1.807) is 7.11 Å². The normalized spacial score (nSPS) is 10.1. The second-order valence-electron chi connectivity index (χ2n) is 3.42. The highest BCUT2D eigenvalue weighted by Crippen LogP contribution is 2.25. The first-order valence-electron chi connectivity index (χ1n) is 5.37. The van der Waals surface area contributed by atoms with E-state index in [-0.39, 0.29) is 0 Å². The van der Waals surface area contributed by atoms with Crippen LogP contribution in [-0.2, 0) is 6.42 Å². The summed E-state index contributed by atoms with van der Waals surface area (Å²) in [4.78, 5) is 0. The monoisotopic (exact) mass is 208 g/mol. The van der Waals surface area contributed by atoms with Crippen LogP contribution in [-0.4, -0.2) is 27.2 Å². The largest absolute Gasteiger partial charge is 0.495 e. The summed E-state index contributed by atoms with van der Waals surface area (Å²) in [5.41, 5.74) is 2.40. The van der Waals surface area contributed by atoms with E-state index in [1.165, 1.54) is 5.56 Å². The summed E-state index contributed by atoms with van der Waals surface area (Å²) in [7, 11) is 3.64. The number of anilines is 1. The third kappa shape index (κ3) is 3.44. The van der Waals surface area contributed by atoms with Gasteiger partial charge in [0, 0.05) is 13.1 Å². The van der Waals surface area contributed by atoms with Crippen LogP contribution in [0.1, 0.15) is 12.5 Å². The van der Waals surface area contributed by atoms with Crippen LogP contribution >= 0.6 is 0 Å². The van der Waals surface area contributed by atoms with Crippen molar-refractivity contribution < 1.29 is 4.74 Å². The van der Waals surface area contributed by atoms with Gasteiger partial charge in [-0.15, -0.1) is 0 Å². The van der Waals surface area contributed by atoms with E-state index in [0.717, 1.165) is 30.9 Å². The molecule has 0 aliphatic heterocycles. The van der Waals surface area contributed by atoms with Crippen molar-refractivity contribution in [2.24, 2.45) is 0 Å². The van der Waals surface area contributed by atoms with Crippen LogP contribution in [0.3, 0.4) is 0 Å². The molecule has 0 radical (unpaired) electrons. The molecule has 1 aromatic carbocycles. The molecule has 0 atom stereocenters. The van der Waals surface area contributed by atoms with Gasteiger partial charge in [-0.05, 0) is 31.2 Å². The van der Waals surface area contributed by atoms with Crippen LogP contribution < -0.4 is 15.4 Å². The fraction of sp³-hybridized carbons (Fsp3) is 0.500. The Hall–Kier alpha value is -1.22. The number of ether oxygens (including phenoxy) is 1. The van der Waals surface area contributed by atoms with E-state index in [1.807, 2.05) is 13.1 Å². The van der Waals surface area contributed by atoms with Crippen molar-refractivity contribution in [2.75, 3.05) is 32.6 Å². The van der Waals surface area contributed by atoms with Gasteiger partial charge in [-0.2, -0.15) is 0 Å². The lowest BCUT2D eigenvalue weighted by Crippen LogP contribution is -2.18. The number of aryl methyl sites for hydroxylation is 1. The number of benzene rings is 1. The molecule has 1 rings (SSSR count). The van der Waals surface area contributed by atoms with E-state index in [4.69, 9.17) is 4.74 Å². The molecule has 84 valence electrons. The van der Waals surface area contributed by atoms with E-state index in [9.17, 15) is 0 Å². The van der Waals surface area contributed by atoms with Crippen LogP contribution in [0.4, 0.5) is 5.69 Å². The summed E-state index contributed by atoms with van der Waals surface area (Å²) in [6.45, 7) is 4.00. The third-order valence-electron chi connectivity index (χ3n) is 2.36. The van der Waals surface area contributed by atoms with Gasteiger partial charge in [-0.3, -0.25) is 0 Å². The number of methoxy groups -OCH3 is 1. The Kier molecular flexibility index (Phi) is 4.98. The van der Waals surface area contributed by atoms with Gasteiger partial charge in [-0.1, -0.05) is 13.0 Å². The topological polar surface area (TPSA) is 33.3 Å². The molecule has 0 spiro atoms. The summed E-state index contributed by atoms with van der Waals surface area (Å²) in [6, 6.07) is 6.26. The van der Waals surface area contributed by atoms with E-state index >= 15 is 0 Å². The molecule has 3 heteroatoms. The Bertz CT molecular complexity index is 300. The van der Waals surface area contributed by atoms with Crippen molar-refractivity contribution in [1.29, 1.82) is 0 Å². The lowest BCUT2D eigenvalue weighted by molar-refractivity contribution is 0.416. The maximum absolute atomic E-state index is 5.29. The lowest BCUT2D eigenvalue weighted by Gasteiger charge is -2.12. The molecule has 0 aliphatic rings. The molecule has 0 aliphatic carbocycles. The minimum atomic E-state index is 0.903. The smallest absolute Gasteiger partial charge is 0.141 e. The molecule has 0 saturated heterocycles. The van der Waals surface area contributed by atoms with E-state index in [2.05, 4.69) is 29.7 Å². The Morgan fingerprint density at radius 3 is 2.67 bits per heavy atom. The molecule has 2 N–H and O–H groups in total. The lowest BCUT2D eigenvalue weighted by atomic mass is 10.1. The van der Waals surface area contributed by atoms with Crippen LogP contribution in [0, 0.1) is 0 Å². The van der Waals surface area contributed by atoms with Gasteiger partial charge in [0.25, 0.3) is 0 Å². The average molecular weight is 208 g/mol. The number of likely N-dealkylation sites (N-methyl/N-ethyl adjacent to an activating group) is 1. The predicted octanol–water partition coefficient (Wildman–Crippen LogP) is 1.89. The zero-order chi connectivity index (χ0) is 11.1. The van der Waals surface area contributed by atoms with Crippen molar-refractivity contribution in [3.8, 4) is 5.75 Å². The molecule has 0 fully saturated rings. The van der Waals surface area contributed by atoms with Crippen molar-refractivity contribution in [2.45, 2.75) is 13.3 Å². The highest BCUT2D eigenvalue weighted by molar-refractivity contribution is 5.58. The molecular formula is C12H20N2O. The maximum Gasteiger partial charge on any atom is 0.141 e. The number of hydrogen-bond donors (Lipinski definition) is 2. The van der Waals surface area contributed by atoms with Gasteiger partial charge in [-0.25, -0.2) is 0 Å². The van der Waals surface area contributed by atoms with Gasteiger partial charge < -0.3 is 15.4 Å². The van der Waals surface area contributed by atoms with Crippen LogP contribution in [0.15, 0.2) is 18.2 Å². The fourth-order valence-corrected chi connectivity index (χ4v) is 1.44. The van der Waals surface area contributed by atoms with Gasteiger partial charge in [0.2, 0.25) is 0 Å². The SMILES string of the molecule is CCc1ccc(OC)c(NCCNC)c1. The Balaban J connectivity index is 2.72. The predicted molar refractivity (Wildman–Crippen MR) is 64.8 cm³/mol. The first-order chi connectivity index (χ1) is 7.31. The zero-order valence-electron chi connectivity index (χ0n) is 9.76. The standard InChI is InChI=1S/C12H20N2O/c1-4-10-5-6-12(15-3)11(9-10)14-8-7-13-2/h5-6,9,13-14H,4,7-8H2,1-3H3. The molecule has 3 nitrogen and oxygen atoms in total. The van der Waals surface area contributed by atoms with E-state index < -0.39 is 0 Å². The number of hydrogen-bond acceptors (Lipinski definition) is 3. The van der Waals surface area contributed by atoms with Crippen LogP contribution in [0.2, 0.25) is 0 Å². The molecule has 0 aromatic heterocycles. The molecule has 0 bridgehead atoms. The summed E-state index contributed by atoms with van der Waals surface area (Å²) in [5, 5.41) is 6.45. The molecule has 0 unspecified atom stereocenters. The first kappa shape index (κ1) is 11.9. The summed E-state index contributed by atoms with van der Waals surface area (Å²) in [5.74, 6) is 0.906. The minimum Gasteiger partial charge on any atom is -0.495 e. The maximum atomic E-state index is 5.29.